The highest BCUT2D eigenvalue weighted by atomic mass is 32.2. The number of ether oxygens (including phenoxy) is 1. The number of carbonyl (C=O) groups is 1. The van der Waals surface area contributed by atoms with Crippen molar-refractivity contribution in [3.8, 4) is 5.75 Å². The van der Waals surface area contributed by atoms with Gasteiger partial charge in [-0.25, -0.2) is 4.39 Å². The van der Waals surface area contributed by atoms with Crippen LogP contribution in [-0.2, 0) is 4.79 Å². The molecule has 2 saturated heterocycles. The van der Waals surface area contributed by atoms with Crippen molar-refractivity contribution in [1.82, 2.24) is 4.90 Å². The van der Waals surface area contributed by atoms with Crippen molar-refractivity contribution in [2.75, 3.05) is 17.3 Å². The Bertz CT molecular complexity index is 904. The average molecular weight is 445 g/mol. The Kier molecular flexibility index (Phi) is 6.58. The van der Waals surface area contributed by atoms with Gasteiger partial charge in [-0.3, -0.25) is 9.69 Å². The fraction of sp³-hybridized carbons (Fsp3) is 0.391. The van der Waals surface area contributed by atoms with Crippen molar-refractivity contribution >= 4 is 40.7 Å². The molecule has 4 nitrogen and oxygen atoms in total. The zero-order valence-corrected chi connectivity index (χ0v) is 18.6. The Labute approximate surface area is 186 Å². The zero-order chi connectivity index (χ0) is 21.1. The maximum absolute atomic E-state index is 13.3. The standard InChI is InChI=1S/C23H25FN2O2S2/c1-2-3-4-5-14-28-19-12-6-16(7-13-19)22-26-20(15-30-22)21(27)25(23(26)29)18-10-8-17(24)9-11-18/h6-13,20,22H,2-5,14-15H2,1H3/t20-,22+/m0/s1. The predicted octanol–water partition coefficient (Wildman–Crippen LogP) is 5.53. The van der Waals surface area contributed by atoms with Crippen LogP contribution < -0.4 is 9.64 Å². The van der Waals surface area contributed by atoms with E-state index in [-0.39, 0.29) is 23.1 Å². The molecule has 30 heavy (non-hydrogen) atoms. The molecule has 0 unspecified atom stereocenters. The number of carbonyl (C=O) groups excluding carboxylic acids is 1. The second kappa shape index (κ2) is 9.35. The fourth-order valence-electron chi connectivity index (χ4n) is 3.82. The lowest BCUT2D eigenvalue weighted by molar-refractivity contribution is -0.119. The number of anilines is 1. The number of hydrogen-bond donors (Lipinski definition) is 0. The molecule has 0 N–H and O–H groups in total. The van der Waals surface area contributed by atoms with Crippen molar-refractivity contribution in [2.45, 2.75) is 44.0 Å². The summed E-state index contributed by atoms with van der Waals surface area (Å²) in [5, 5.41) is 0.457. The average Bonchev–Trinajstić information content (AvgIpc) is 3.30. The van der Waals surface area contributed by atoms with E-state index < -0.39 is 0 Å². The van der Waals surface area contributed by atoms with Gasteiger partial charge in [0.15, 0.2) is 5.11 Å². The summed E-state index contributed by atoms with van der Waals surface area (Å²) in [5.74, 6) is 1.16. The summed E-state index contributed by atoms with van der Waals surface area (Å²) < 4.78 is 19.1. The van der Waals surface area contributed by atoms with Crippen LogP contribution in [0.4, 0.5) is 10.1 Å². The van der Waals surface area contributed by atoms with Gasteiger partial charge in [-0.05, 0) is 60.6 Å². The van der Waals surface area contributed by atoms with Crippen LogP contribution in [0, 0.1) is 5.82 Å². The molecule has 0 aliphatic carbocycles. The van der Waals surface area contributed by atoms with Gasteiger partial charge in [0.2, 0.25) is 0 Å². The van der Waals surface area contributed by atoms with Crippen LogP contribution in [0.3, 0.4) is 0 Å². The highest BCUT2D eigenvalue weighted by molar-refractivity contribution is 7.99. The largest absolute Gasteiger partial charge is 0.494 e. The second-order valence-corrected chi connectivity index (χ2v) is 9.00. The first-order valence-electron chi connectivity index (χ1n) is 10.4. The molecule has 7 heteroatoms. The topological polar surface area (TPSA) is 32.8 Å². The lowest BCUT2D eigenvalue weighted by Gasteiger charge is -2.25. The first-order valence-corrected chi connectivity index (χ1v) is 11.8. The summed E-state index contributed by atoms with van der Waals surface area (Å²) in [6.07, 6.45) is 4.72. The van der Waals surface area contributed by atoms with Gasteiger partial charge in [0.25, 0.3) is 5.91 Å². The normalized spacial score (nSPS) is 20.7. The molecule has 2 atom stereocenters. The molecule has 2 aliphatic rings. The molecule has 0 saturated carbocycles. The number of unbranched alkanes of at least 4 members (excludes halogenated alkanes) is 3. The summed E-state index contributed by atoms with van der Waals surface area (Å²) in [6, 6.07) is 13.7. The minimum atomic E-state index is -0.335. The molecule has 0 aromatic heterocycles. The van der Waals surface area contributed by atoms with Gasteiger partial charge in [-0.15, -0.1) is 11.8 Å². The first kappa shape index (κ1) is 21.1. The van der Waals surface area contributed by atoms with E-state index in [1.165, 1.54) is 36.3 Å². The molecule has 2 aliphatic heterocycles. The van der Waals surface area contributed by atoms with Crippen LogP contribution in [0.15, 0.2) is 48.5 Å². The number of fused-ring (bicyclic) bond motifs is 1. The number of amides is 1. The molecular formula is C23H25FN2O2S2. The van der Waals surface area contributed by atoms with Gasteiger partial charge in [0.1, 0.15) is 23.0 Å². The van der Waals surface area contributed by atoms with Crippen molar-refractivity contribution in [3.05, 3.63) is 59.9 Å². The van der Waals surface area contributed by atoms with Crippen LogP contribution in [0.2, 0.25) is 0 Å². The summed E-state index contributed by atoms with van der Waals surface area (Å²) in [4.78, 5) is 16.5. The van der Waals surface area contributed by atoms with Crippen molar-refractivity contribution < 1.29 is 13.9 Å². The van der Waals surface area contributed by atoms with Gasteiger partial charge in [-0.1, -0.05) is 38.3 Å². The van der Waals surface area contributed by atoms with E-state index in [1.54, 1.807) is 23.9 Å². The van der Waals surface area contributed by atoms with Crippen molar-refractivity contribution in [1.29, 1.82) is 0 Å². The second-order valence-electron chi connectivity index (χ2n) is 7.52. The monoisotopic (exact) mass is 444 g/mol. The molecular weight excluding hydrogens is 419 g/mol. The van der Waals surface area contributed by atoms with Crippen LogP contribution in [0.25, 0.3) is 0 Å². The molecule has 0 radical (unpaired) electrons. The quantitative estimate of drug-likeness (QED) is 0.395. The van der Waals surface area contributed by atoms with Gasteiger partial charge in [0, 0.05) is 5.75 Å². The van der Waals surface area contributed by atoms with E-state index in [9.17, 15) is 9.18 Å². The Balaban J connectivity index is 1.44. The number of rotatable bonds is 8. The summed E-state index contributed by atoms with van der Waals surface area (Å²) in [7, 11) is 0. The molecule has 1 amide bonds. The molecule has 2 heterocycles. The molecule has 158 valence electrons. The van der Waals surface area contributed by atoms with Crippen molar-refractivity contribution in [3.63, 3.8) is 0 Å². The number of thioether (sulfide) groups is 1. The first-order chi connectivity index (χ1) is 14.6. The lowest BCUT2D eigenvalue weighted by Crippen LogP contribution is -2.33. The van der Waals surface area contributed by atoms with E-state index >= 15 is 0 Å². The molecule has 2 aromatic carbocycles. The fourth-order valence-corrected chi connectivity index (χ4v) is 5.74. The number of thiocarbonyl (C=S) groups is 1. The SMILES string of the molecule is CCCCCCOc1ccc([C@H]2SC[C@H]3C(=O)N(c4ccc(F)cc4)C(=S)N23)cc1. The molecule has 2 aromatic rings. The predicted molar refractivity (Wildman–Crippen MR) is 123 cm³/mol. The third-order valence-electron chi connectivity index (χ3n) is 5.43. The minimum Gasteiger partial charge on any atom is -0.494 e. The Morgan fingerprint density at radius 3 is 2.53 bits per heavy atom. The lowest BCUT2D eigenvalue weighted by atomic mass is 10.2. The maximum atomic E-state index is 13.3. The van der Waals surface area contributed by atoms with Crippen LogP contribution in [0.5, 0.6) is 5.75 Å². The maximum Gasteiger partial charge on any atom is 0.257 e. The molecule has 4 rings (SSSR count). The smallest absolute Gasteiger partial charge is 0.257 e. The van der Waals surface area contributed by atoms with Gasteiger partial charge >= 0.3 is 0 Å². The minimum absolute atomic E-state index is 0.0181. The van der Waals surface area contributed by atoms with E-state index in [4.69, 9.17) is 17.0 Å². The van der Waals surface area contributed by atoms with Crippen LogP contribution in [-0.4, -0.2) is 34.3 Å². The highest BCUT2D eigenvalue weighted by Gasteiger charge is 2.50. The summed E-state index contributed by atoms with van der Waals surface area (Å²) in [5.41, 5.74) is 1.70. The molecule has 0 bridgehead atoms. The zero-order valence-electron chi connectivity index (χ0n) is 16.9. The third kappa shape index (κ3) is 4.18. The number of benzene rings is 2. The number of nitrogens with zero attached hydrogens (tertiary/aromatic N) is 2. The Morgan fingerprint density at radius 2 is 1.83 bits per heavy atom. The van der Waals surface area contributed by atoms with Crippen LogP contribution in [0.1, 0.15) is 43.5 Å². The van der Waals surface area contributed by atoms with Gasteiger partial charge < -0.3 is 9.64 Å². The Hall–Kier alpha value is -2.12. The van der Waals surface area contributed by atoms with E-state index in [0.717, 1.165) is 24.3 Å². The summed E-state index contributed by atoms with van der Waals surface area (Å²) in [6.45, 7) is 2.93. The van der Waals surface area contributed by atoms with Gasteiger partial charge in [-0.2, -0.15) is 0 Å². The molecule has 2 fully saturated rings. The van der Waals surface area contributed by atoms with Gasteiger partial charge in [0.05, 0.1) is 12.3 Å². The van der Waals surface area contributed by atoms with Crippen molar-refractivity contribution in [2.24, 2.45) is 0 Å². The number of hydrogen-bond acceptors (Lipinski definition) is 4. The Morgan fingerprint density at radius 1 is 1.10 bits per heavy atom. The van der Waals surface area contributed by atoms with Crippen LogP contribution >= 0.6 is 24.0 Å². The van der Waals surface area contributed by atoms with E-state index in [0.29, 0.717) is 16.6 Å². The number of halogens is 1. The highest BCUT2D eigenvalue weighted by Crippen LogP contribution is 2.46. The van der Waals surface area contributed by atoms with E-state index in [1.807, 2.05) is 17.0 Å². The molecule has 0 spiro atoms. The summed E-state index contributed by atoms with van der Waals surface area (Å²) >= 11 is 7.38. The van der Waals surface area contributed by atoms with E-state index in [2.05, 4.69) is 19.1 Å². The third-order valence-corrected chi connectivity index (χ3v) is 7.15.